The molecule has 1 fully saturated rings. The highest BCUT2D eigenvalue weighted by Crippen LogP contribution is 2.22. The second-order valence-electron chi connectivity index (χ2n) is 7.84. The fraction of sp³-hybridized carbons (Fsp3) is 0.435. The second-order valence-corrected chi connectivity index (χ2v) is 9.55. The number of rotatable bonds is 8. The standard InChI is InChI=1S/C23H30N2O4S/c1-17-15-20(13-14-22(17)29-2)30(27,28)25-21(16-18-9-5-3-6-10-18)23(26)24-19-11-7-4-8-12-19/h3,5-6,9-10,13-15,19,21,25H,4,7-8,11-12,16H2,1-2H3,(H,24,26)/t21-/m0/s1. The van der Waals surface area contributed by atoms with E-state index >= 15 is 0 Å². The van der Waals surface area contributed by atoms with Crippen LogP contribution in [0.25, 0.3) is 0 Å². The zero-order valence-corrected chi connectivity index (χ0v) is 18.4. The van der Waals surface area contributed by atoms with E-state index in [1.165, 1.54) is 12.5 Å². The predicted octanol–water partition coefficient (Wildman–Crippen LogP) is 3.34. The molecule has 0 saturated heterocycles. The number of benzene rings is 2. The molecule has 30 heavy (non-hydrogen) atoms. The van der Waals surface area contributed by atoms with Crippen LogP contribution in [0.3, 0.4) is 0 Å². The largest absolute Gasteiger partial charge is 0.496 e. The molecule has 2 aromatic carbocycles. The van der Waals surface area contributed by atoms with E-state index in [9.17, 15) is 13.2 Å². The van der Waals surface area contributed by atoms with E-state index in [1.54, 1.807) is 26.2 Å². The summed E-state index contributed by atoms with van der Waals surface area (Å²) in [5.41, 5.74) is 1.61. The molecule has 0 spiro atoms. The molecule has 1 atom stereocenters. The van der Waals surface area contributed by atoms with Crippen LogP contribution in [0.5, 0.6) is 5.75 Å². The van der Waals surface area contributed by atoms with Crippen LogP contribution in [0, 0.1) is 6.92 Å². The van der Waals surface area contributed by atoms with Crippen molar-refractivity contribution in [2.24, 2.45) is 0 Å². The van der Waals surface area contributed by atoms with Gasteiger partial charge in [-0.15, -0.1) is 0 Å². The van der Waals surface area contributed by atoms with E-state index in [4.69, 9.17) is 4.74 Å². The number of hydrogen-bond acceptors (Lipinski definition) is 4. The first-order valence-electron chi connectivity index (χ1n) is 10.4. The van der Waals surface area contributed by atoms with Crippen molar-refractivity contribution in [1.29, 1.82) is 0 Å². The quantitative estimate of drug-likeness (QED) is 0.673. The lowest BCUT2D eigenvalue weighted by Gasteiger charge is -2.26. The molecule has 3 rings (SSSR count). The highest BCUT2D eigenvalue weighted by atomic mass is 32.2. The highest BCUT2D eigenvalue weighted by molar-refractivity contribution is 7.89. The van der Waals surface area contributed by atoms with Crippen LogP contribution in [0.1, 0.15) is 43.2 Å². The Morgan fingerprint density at radius 2 is 1.80 bits per heavy atom. The number of carbonyl (C=O) groups excluding carboxylic acids is 1. The van der Waals surface area contributed by atoms with Crippen LogP contribution in [0.15, 0.2) is 53.4 Å². The van der Waals surface area contributed by atoms with Crippen molar-refractivity contribution in [3.05, 3.63) is 59.7 Å². The van der Waals surface area contributed by atoms with Gasteiger partial charge in [0.1, 0.15) is 11.8 Å². The summed E-state index contributed by atoms with van der Waals surface area (Å²) in [7, 11) is -2.34. The Kier molecular flexibility index (Phi) is 7.50. The predicted molar refractivity (Wildman–Crippen MR) is 117 cm³/mol. The Hall–Kier alpha value is -2.38. The van der Waals surface area contributed by atoms with Crippen LogP contribution in [-0.4, -0.2) is 33.5 Å². The molecule has 2 aromatic rings. The molecular formula is C23H30N2O4S. The molecule has 0 unspecified atom stereocenters. The summed E-state index contributed by atoms with van der Waals surface area (Å²) >= 11 is 0. The Morgan fingerprint density at radius 3 is 2.43 bits per heavy atom. The van der Waals surface area contributed by atoms with Gasteiger partial charge in [-0.2, -0.15) is 4.72 Å². The van der Waals surface area contributed by atoms with Gasteiger partial charge in [-0.1, -0.05) is 49.6 Å². The SMILES string of the molecule is COc1ccc(S(=O)(=O)N[C@@H](Cc2ccccc2)C(=O)NC2CCCCC2)cc1C. The molecule has 1 aliphatic carbocycles. The van der Waals surface area contributed by atoms with Crippen LogP contribution in [-0.2, 0) is 21.2 Å². The molecule has 7 heteroatoms. The van der Waals surface area contributed by atoms with Crippen molar-refractivity contribution < 1.29 is 17.9 Å². The highest BCUT2D eigenvalue weighted by Gasteiger charge is 2.28. The minimum absolute atomic E-state index is 0.109. The Morgan fingerprint density at radius 1 is 1.10 bits per heavy atom. The maximum Gasteiger partial charge on any atom is 0.241 e. The van der Waals surface area contributed by atoms with Crippen molar-refractivity contribution in [3.63, 3.8) is 0 Å². The molecule has 1 aliphatic rings. The molecule has 0 aliphatic heterocycles. The molecule has 2 N–H and O–H groups in total. The summed E-state index contributed by atoms with van der Waals surface area (Å²) in [6.07, 6.45) is 5.52. The summed E-state index contributed by atoms with van der Waals surface area (Å²) in [5.74, 6) is 0.337. The van der Waals surface area contributed by atoms with Crippen molar-refractivity contribution in [2.45, 2.75) is 62.4 Å². The maximum atomic E-state index is 13.0. The third-order valence-electron chi connectivity index (χ3n) is 5.52. The number of ether oxygens (including phenoxy) is 1. The fourth-order valence-electron chi connectivity index (χ4n) is 3.86. The number of amides is 1. The van der Waals surface area contributed by atoms with Gasteiger partial charge in [-0.3, -0.25) is 4.79 Å². The van der Waals surface area contributed by atoms with Crippen LogP contribution in [0.2, 0.25) is 0 Å². The van der Waals surface area contributed by atoms with E-state index in [-0.39, 0.29) is 23.3 Å². The topological polar surface area (TPSA) is 84.5 Å². The van der Waals surface area contributed by atoms with Gasteiger partial charge >= 0.3 is 0 Å². The average molecular weight is 431 g/mol. The lowest BCUT2D eigenvalue weighted by Crippen LogP contribution is -2.50. The van der Waals surface area contributed by atoms with E-state index in [2.05, 4.69) is 10.0 Å². The first-order valence-corrected chi connectivity index (χ1v) is 11.9. The first kappa shape index (κ1) is 22.3. The van der Waals surface area contributed by atoms with Gasteiger partial charge in [0.15, 0.2) is 0 Å². The molecule has 0 heterocycles. The zero-order valence-electron chi connectivity index (χ0n) is 17.6. The molecule has 0 bridgehead atoms. The zero-order chi connectivity index (χ0) is 21.6. The van der Waals surface area contributed by atoms with Gasteiger partial charge in [0.05, 0.1) is 12.0 Å². The molecule has 162 valence electrons. The van der Waals surface area contributed by atoms with Crippen molar-refractivity contribution in [1.82, 2.24) is 10.0 Å². The monoisotopic (exact) mass is 430 g/mol. The van der Waals surface area contributed by atoms with Gasteiger partial charge < -0.3 is 10.1 Å². The molecule has 1 amide bonds. The normalized spacial score (nSPS) is 16.1. The second kappa shape index (κ2) is 10.1. The van der Waals surface area contributed by atoms with Crippen molar-refractivity contribution >= 4 is 15.9 Å². The minimum Gasteiger partial charge on any atom is -0.496 e. The Bertz CT molecular complexity index is 954. The molecular weight excluding hydrogens is 400 g/mol. The van der Waals surface area contributed by atoms with Gasteiger partial charge in [0.2, 0.25) is 15.9 Å². The van der Waals surface area contributed by atoms with Crippen LogP contribution < -0.4 is 14.8 Å². The van der Waals surface area contributed by atoms with Crippen molar-refractivity contribution in [2.75, 3.05) is 7.11 Å². The van der Waals surface area contributed by atoms with E-state index in [1.807, 2.05) is 30.3 Å². The number of nitrogens with one attached hydrogen (secondary N) is 2. The van der Waals surface area contributed by atoms with Gasteiger partial charge in [0.25, 0.3) is 0 Å². The van der Waals surface area contributed by atoms with E-state index in [0.29, 0.717) is 11.3 Å². The lowest BCUT2D eigenvalue weighted by atomic mass is 9.95. The third-order valence-corrected chi connectivity index (χ3v) is 6.99. The minimum atomic E-state index is -3.88. The molecule has 1 saturated carbocycles. The number of sulfonamides is 1. The number of methoxy groups -OCH3 is 1. The van der Waals surface area contributed by atoms with Crippen molar-refractivity contribution in [3.8, 4) is 5.75 Å². The third kappa shape index (κ3) is 5.83. The molecule has 6 nitrogen and oxygen atoms in total. The molecule has 0 radical (unpaired) electrons. The van der Waals surface area contributed by atoms with Gasteiger partial charge in [0, 0.05) is 6.04 Å². The summed E-state index contributed by atoms with van der Waals surface area (Å²) < 4.78 is 33.9. The molecule has 0 aromatic heterocycles. The summed E-state index contributed by atoms with van der Waals surface area (Å²) in [6.45, 7) is 1.79. The average Bonchev–Trinajstić information content (AvgIpc) is 2.74. The number of hydrogen-bond donors (Lipinski definition) is 2. The van der Waals surface area contributed by atoms with Gasteiger partial charge in [-0.05, 0) is 55.5 Å². The summed E-state index contributed by atoms with van der Waals surface area (Å²) in [6, 6.07) is 13.3. The smallest absolute Gasteiger partial charge is 0.241 e. The van der Waals surface area contributed by atoms with Crippen LogP contribution >= 0.6 is 0 Å². The van der Waals surface area contributed by atoms with Crippen LogP contribution in [0.4, 0.5) is 0 Å². The van der Waals surface area contributed by atoms with Gasteiger partial charge in [-0.25, -0.2) is 8.42 Å². The Balaban J connectivity index is 1.81. The van der Waals surface area contributed by atoms with E-state index < -0.39 is 16.1 Å². The fourth-order valence-corrected chi connectivity index (χ4v) is 5.14. The summed E-state index contributed by atoms with van der Waals surface area (Å²) in [4.78, 5) is 13.1. The summed E-state index contributed by atoms with van der Waals surface area (Å²) in [5, 5.41) is 3.06. The maximum absolute atomic E-state index is 13.0. The lowest BCUT2D eigenvalue weighted by molar-refractivity contribution is -0.123. The number of carbonyl (C=O) groups is 1. The Labute approximate surface area is 179 Å². The first-order chi connectivity index (χ1) is 14.4. The number of aryl methyl sites for hydroxylation is 1. The van der Waals surface area contributed by atoms with E-state index in [0.717, 1.165) is 31.2 Å².